The number of amides is 1. The molecule has 0 N–H and O–H groups in total. The van der Waals surface area contributed by atoms with E-state index in [-0.39, 0.29) is 24.2 Å². The molecular formula is C23H27F2N3O. The number of imidazole rings is 1. The van der Waals surface area contributed by atoms with E-state index < -0.39 is 5.82 Å². The fraction of sp³-hybridized carbons (Fsp3) is 0.391. The topological polar surface area (TPSA) is 38.1 Å². The number of halogens is 2. The van der Waals surface area contributed by atoms with Gasteiger partial charge in [-0.3, -0.25) is 4.79 Å². The molecule has 0 fully saturated rings. The zero-order valence-electron chi connectivity index (χ0n) is 17.4. The Morgan fingerprint density at radius 1 is 1.14 bits per heavy atom. The van der Waals surface area contributed by atoms with Gasteiger partial charge in [0.2, 0.25) is 0 Å². The molecule has 2 aromatic carbocycles. The monoisotopic (exact) mass is 399 g/mol. The van der Waals surface area contributed by atoms with E-state index in [1.165, 1.54) is 24.3 Å². The van der Waals surface area contributed by atoms with Crippen molar-refractivity contribution in [2.24, 2.45) is 5.92 Å². The minimum atomic E-state index is -0.433. The van der Waals surface area contributed by atoms with Crippen molar-refractivity contribution in [3.05, 3.63) is 65.0 Å². The van der Waals surface area contributed by atoms with Gasteiger partial charge in [0.25, 0.3) is 5.91 Å². The molecule has 6 heteroatoms. The van der Waals surface area contributed by atoms with Crippen LogP contribution in [0.3, 0.4) is 0 Å². The van der Waals surface area contributed by atoms with Crippen LogP contribution in [0.2, 0.25) is 0 Å². The van der Waals surface area contributed by atoms with Crippen molar-refractivity contribution >= 4 is 16.9 Å². The van der Waals surface area contributed by atoms with E-state index >= 15 is 0 Å². The first-order chi connectivity index (χ1) is 13.8. The van der Waals surface area contributed by atoms with Gasteiger partial charge >= 0.3 is 0 Å². The summed E-state index contributed by atoms with van der Waals surface area (Å²) in [5, 5.41) is 0. The van der Waals surface area contributed by atoms with Crippen molar-refractivity contribution in [3.8, 4) is 0 Å². The number of aryl methyl sites for hydroxylation is 2. The van der Waals surface area contributed by atoms with Crippen molar-refractivity contribution < 1.29 is 13.6 Å². The molecule has 1 aromatic heterocycles. The number of carbonyl (C=O) groups is 1. The second-order valence-corrected chi connectivity index (χ2v) is 7.85. The molecule has 3 aromatic rings. The van der Waals surface area contributed by atoms with Crippen LogP contribution >= 0.6 is 0 Å². The summed E-state index contributed by atoms with van der Waals surface area (Å²) in [5.74, 6) is -0.0606. The lowest BCUT2D eigenvalue weighted by Crippen LogP contribution is -2.35. The van der Waals surface area contributed by atoms with Gasteiger partial charge in [-0.15, -0.1) is 0 Å². The van der Waals surface area contributed by atoms with Gasteiger partial charge in [0.1, 0.15) is 17.5 Å². The Kier molecular flexibility index (Phi) is 6.30. The summed E-state index contributed by atoms with van der Waals surface area (Å²) < 4.78 is 29.5. The quantitative estimate of drug-likeness (QED) is 0.538. The summed E-state index contributed by atoms with van der Waals surface area (Å²) in [4.78, 5) is 19.6. The minimum Gasteiger partial charge on any atom is -0.331 e. The van der Waals surface area contributed by atoms with E-state index in [0.29, 0.717) is 23.4 Å². The average Bonchev–Trinajstić information content (AvgIpc) is 2.99. The standard InChI is InChI=1S/C23H27F2N3O/c1-5-10-28-21-9-8-18(25)12-20(21)26-22(28)14-27(13-15(2)3)23(29)19-11-17(24)7-6-16(19)4/h6-9,11-12,15H,5,10,13-14H2,1-4H3. The summed E-state index contributed by atoms with van der Waals surface area (Å²) in [6.07, 6.45) is 0.886. The molecule has 4 nitrogen and oxygen atoms in total. The molecule has 0 unspecified atom stereocenters. The number of benzene rings is 2. The van der Waals surface area contributed by atoms with E-state index in [4.69, 9.17) is 0 Å². The normalized spacial score (nSPS) is 11.4. The van der Waals surface area contributed by atoms with Crippen molar-refractivity contribution in [1.29, 1.82) is 0 Å². The lowest BCUT2D eigenvalue weighted by atomic mass is 10.1. The first-order valence-corrected chi connectivity index (χ1v) is 10.00. The van der Waals surface area contributed by atoms with Gasteiger partial charge < -0.3 is 9.47 Å². The van der Waals surface area contributed by atoms with Crippen LogP contribution in [0.15, 0.2) is 36.4 Å². The van der Waals surface area contributed by atoms with Crippen LogP contribution in [0.5, 0.6) is 0 Å². The second kappa shape index (κ2) is 8.72. The third-order valence-corrected chi connectivity index (χ3v) is 4.87. The number of aromatic nitrogens is 2. The zero-order valence-corrected chi connectivity index (χ0v) is 17.4. The largest absolute Gasteiger partial charge is 0.331 e. The maximum Gasteiger partial charge on any atom is 0.254 e. The molecule has 0 bridgehead atoms. The van der Waals surface area contributed by atoms with Crippen LogP contribution in [0.1, 0.15) is 48.9 Å². The summed E-state index contributed by atoms with van der Waals surface area (Å²) in [6, 6.07) is 8.82. The van der Waals surface area contributed by atoms with Crippen LogP contribution in [-0.2, 0) is 13.1 Å². The second-order valence-electron chi connectivity index (χ2n) is 7.85. The van der Waals surface area contributed by atoms with Gasteiger partial charge in [0.05, 0.1) is 17.6 Å². The fourth-order valence-electron chi connectivity index (χ4n) is 3.57. The first kappa shape index (κ1) is 21.0. The maximum absolute atomic E-state index is 13.8. The molecule has 0 aliphatic rings. The van der Waals surface area contributed by atoms with E-state index in [2.05, 4.69) is 11.9 Å². The van der Waals surface area contributed by atoms with Gasteiger partial charge in [0, 0.05) is 24.7 Å². The van der Waals surface area contributed by atoms with Gasteiger partial charge in [-0.25, -0.2) is 13.8 Å². The maximum atomic E-state index is 13.8. The highest BCUT2D eigenvalue weighted by Crippen LogP contribution is 2.21. The van der Waals surface area contributed by atoms with Crippen molar-refractivity contribution in [1.82, 2.24) is 14.5 Å². The molecule has 3 rings (SSSR count). The molecule has 1 heterocycles. The van der Waals surface area contributed by atoms with Crippen LogP contribution in [0.4, 0.5) is 8.78 Å². The Labute approximate surface area is 170 Å². The van der Waals surface area contributed by atoms with Crippen LogP contribution in [-0.4, -0.2) is 26.9 Å². The van der Waals surface area contributed by atoms with Gasteiger partial charge in [0.15, 0.2) is 0 Å². The Bertz CT molecular complexity index is 1030. The summed E-state index contributed by atoms with van der Waals surface area (Å²) in [6.45, 7) is 9.44. The smallest absolute Gasteiger partial charge is 0.254 e. The summed E-state index contributed by atoms with van der Waals surface area (Å²) in [7, 11) is 0. The lowest BCUT2D eigenvalue weighted by molar-refractivity contribution is 0.0715. The molecule has 154 valence electrons. The highest BCUT2D eigenvalue weighted by atomic mass is 19.1. The van der Waals surface area contributed by atoms with E-state index in [1.807, 2.05) is 18.4 Å². The lowest BCUT2D eigenvalue weighted by Gasteiger charge is -2.25. The third-order valence-electron chi connectivity index (χ3n) is 4.87. The Balaban J connectivity index is 2.01. The van der Waals surface area contributed by atoms with Crippen molar-refractivity contribution in [2.75, 3.05) is 6.54 Å². The Morgan fingerprint density at radius 3 is 2.52 bits per heavy atom. The number of hydrogen-bond donors (Lipinski definition) is 0. The van der Waals surface area contributed by atoms with Crippen LogP contribution in [0, 0.1) is 24.5 Å². The number of hydrogen-bond acceptors (Lipinski definition) is 2. The molecule has 0 saturated carbocycles. The molecule has 1 amide bonds. The Hall–Kier alpha value is -2.76. The van der Waals surface area contributed by atoms with Gasteiger partial charge in [-0.2, -0.15) is 0 Å². The third kappa shape index (κ3) is 4.63. The molecule has 0 radical (unpaired) electrons. The van der Waals surface area contributed by atoms with Crippen LogP contribution < -0.4 is 0 Å². The molecule has 0 aliphatic heterocycles. The van der Waals surface area contributed by atoms with Crippen LogP contribution in [0.25, 0.3) is 11.0 Å². The Morgan fingerprint density at radius 2 is 1.83 bits per heavy atom. The molecule has 0 saturated heterocycles. The highest BCUT2D eigenvalue weighted by molar-refractivity contribution is 5.95. The summed E-state index contributed by atoms with van der Waals surface area (Å²) in [5.41, 5.74) is 2.51. The average molecular weight is 399 g/mol. The van der Waals surface area contributed by atoms with Crippen molar-refractivity contribution in [2.45, 2.75) is 47.2 Å². The minimum absolute atomic E-state index is 0.225. The molecular weight excluding hydrogens is 372 g/mol. The zero-order chi connectivity index (χ0) is 21.1. The first-order valence-electron chi connectivity index (χ1n) is 10.00. The molecule has 29 heavy (non-hydrogen) atoms. The molecule has 0 atom stereocenters. The molecule has 0 spiro atoms. The summed E-state index contributed by atoms with van der Waals surface area (Å²) >= 11 is 0. The predicted molar refractivity (Wildman–Crippen MR) is 111 cm³/mol. The SMILES string of the molecule is CCCn1c(CN(CC(C)C)C(=O)c2cc(F)ccc2C)nc2cc(F)ccc21. The fourth-order valence-corrected chi connectivity index (χ4v) is 3.57. The molecule has 0 aliphatic carbocycles. The number of fused-ring (bicyclic) bond motifs is 1. The van der Waals surface area contributed by atoms with Gasteiger partial charge in [-0.05, 0) is 49.1 Å². The number of carbonyl (C=O) groups excluding carboxylic acids is 1. The van der Waals surface area contributed by atoms with E-state index in [0.717, 1.165) is 24.0 Å². The number of rotatable bonds is 7. The predicted octanol–water partition coefficient (Wildman–Crippen LogP) is 5.33. The highest BCUT2D eigenvalue weighted by Gasteiger charge is 2.22. The van der Waals surface area contributed by atoms with E-state index in [1.54, 1.807) is 24.0 Å². The number of nitrogens with zero attached hydrogens (tertiary/aromatic N) is 3. The van der Waals surface area contributed by atoms with E-state index in [9.17, 15) is 13.6 Å². The van der Waals surface area contributed by atoms with Crippen molar-refractivity contribution in [3.63, 3.8) is 0 Å². The van der Waals surface area contributed by atoms with Gasteiger partial charge in [-0.1, -0.05) is 26.8 Å².